The fraction of sp³-hybridized carbons (Fsp3) is 0.143. The third-order valence-electron chi connectivity index (χ3n) is 2.83. The molecule has 0 spiro atoms. The number of sulfonamides is 1. The van der Waals surface area contributed by atoms with Crippen LogP contribution in [0.2, 0.25) is 0 Å². The van der Waals surface area contributed by atoms with E-state index in [-0.39, 0.29) is 17.3 Å². The van der Waals surface area contributed by atoms with Gasteiger partial charge in [-0.15, -0.1) is 0 Å². The number of benzene rings is 2. The molecule has 2 N–H and O–H groups in total. The Balaban J connectivity index is 0.00000200. The van der Waals surface area contributed by atoms with Gasteiger partial charge in [0, 0.05) is 12.1 Å². The number of nitrogens with one attached hydrogen (secondary N) is 2. The molecule has 0 aliphatic carbocycles. The van der Waals surface area contributed by atoms with E-state index in [0.29, 0.717) is 5.01 Å². The van der Waals surface area contributed by atoms with Crippen LogP contribution in [0.1, 0.15) is 5.56 Å². The zero-order valence-electron chi connectivity index (χ0n) is 11.3. The summed E-state index contributed by atoms with van der Waals surface area (Å²) in [6.45, 7) is 1.92. The maximum atomic E-state index is 12.2. The molecule has 0 saturated heterocycles. The Kier molecular flexibility index (Phi) is 5.71. The maximum Gasteiger partial charge on any atom is 0.282 e. The second-order valence-corrected chi connectivity index (χ2v) is 6.09. The molecule has 4 nitrogen and oxygen atoms in total. The summed E-state index contributed by atoms with van der Waals surface area (Å²) in [5.74, 6) is 0. The molecule has 0 saturated carbocycles. The molecule has 0 aliphatic rings. The van der Waals surface area contributed by atoms with Gasteiger partial charge in [0.2, 0.25) is 0 Å². The van der Waals surface area contributed by atoms with Crippen molar-refractivity contribution >= 4 is 15.7 Å². The lowest BCUT2D eigenvalue weighted by molar-refractivity contribution is -0.843. The molecule has 108 valence electrons. The van der Waals surface area contributed by atoms with Crippen LogP contribution in [-0.2, 0) is 10.0 Å². The molecule has 2 aromatic rings. The van der Waals surface area contributed by atoms with E-state index in [1.165, 1.54) is 0 Å². The van der Waals surface area contributed by atoms with Gasteiger partial charge in [-0.3, -0.25) is 0 Å². The molecular formula is C14H17ClN2O2S. The predicted molar refractivity (Wildman–Crippen MR) is 74.5 cm³/mol. The lowest BCUT2D eigenvalue weighted by Crippen LogP contribution is -3.11. The summed E-state index contributed by atoms with van der Waals surface area (Å²) in [6.07, 6.45) is 0. The van der Waals surface area contributed by atoms with Gasteiger partial charge in [-0.05, 0) is 23.9 Å². The quantitative estimate of drug-likeness (QED) is 0.644. The van der Waals surface area contributed by atoms with Crippen LogP contribution in [0.3, 0.4) is 0 Å². The van der Waals surface area contributed by atoms with Gasteiger partial charge >= 0.3 is 0 Å². The third kappa shape index (κ3) is 4.05. The minimum absolute atomic E-state index is 0. The van der Waals surface area contributed by atoms with Crippen LogP contribution >= 0.6 is 0 Å². The Labute approximate surface area is 125 Å². The highest BCUT2D eigenvalue weighted by atomic mass is 35.5. The molecule has 0 radical (unpaired) electrons. The maximum absolute atomic E-state index is 12.2. The number of para-hydroxylation sites is 1. The van der Waals surface area contributed by atoms with E-state index >= 15 is 0 Å². The predicted octanol–water partition coefficient (Wildman–Crippen LogP) is -1.96. The SMILES string of the molecule is Cc1ccc(S(=O)(=O)N[NH+](C)c2ccccc2)cc1.[Cl-]. The number of aryl methyl sites for hydroxylation is 1. The molecule has 0 heterocycles. The first kappa shape index (κ1) is 16.7. The first-order valence-electron chi connectivity index (χ1n) is 5.97. The van der Waals surface area contributed by atoms with Crippen molar-refractivity contribution in [1.29, 1.82) is 0 Å². The first-order chi connectivity index (χ1) is 8.99. The van der Waals surface area contributed by atoms with Gasteiger partial charge in [-0.25, -0.2) is 13.4 Å². The third-order valence-corrected chi connectivity index (χ3v) is 4.29. The molecule has 1 unspecified atom stereocenters. The molecule has 0 amide bonds. The van der Waals surface area contributed by atoms with Gasteiger partial charge in [0.1, 0.15) is 0 Å². The average molecular weight is 313 g/mol. The van der Waals surface area contributed by atoms with Gasteiger partial charge < -0.3 is 12.4 Å². The van der Waals surface area contributed by atoms with Gasteiger partial charge in [0.15, 0.2) is 5.69 Å². The Bertz CT molecular complexity index is 643. The number of quaternary nitrogens is 1. The van der Waals surface area contributed by atoms with E-state index in [4.69, 9.17) is 0 Å². The summed E-state index contributed by atoms with van der Waals surface area (Å²) in [6, 6.07) is 16.2. The second kappa shape index (κ2) is 6.85. The van der Waals surface area contributed by atoms with Crippen LogP contribution in [0.25, 0.3) is 0 Å². The normalized spacial score (nSPS) is 12.5. The first-order valence-corrected chi connectivity index (χ1v) is 7.46. The summed E-state index contributed by atoms with van der Waals surface area (Å²) in [5.41, 5.74) is 1.89. The highest BCUT2D eigenvalue weighted by Gasteiger charge is 2.19. The van der Waals surface area contributed by atoms with E-state index in [2.05, 4.69) is 4.83 Å². The van der Waals surface area contributed by atoms with Crippen molar-refractivity contribution in [3.05, 3.63) is 60.2 Å². The van der Waals surface area contributed by atoms with E-state index < -0.39 is 10.0 Å². The topological polar surface area (TPSA) is 50.6 Å². The molecule has 2 rings (SSSR count). The zero-order chi connectivity index (χ0) is 13.9. The molecule has 2 aromatic carbocycles. The minimum Gasteiger partial charge on any atom is -1.00 e. The van der Waals surface area contributed by atoms with Crippen molar-refractivity contribution in [2.24, 2.45) is 0 Å². The lowest BCUT2D eigenvalue weighted by Gasteiger charge is -2.14. The number of hydrogen-bond acceptors (Lipinski definition) is 2. The van der Waals surface area contributed by atoms with Crippen molar-refractivity contribution in [3.8, 4) is 0 Å². The highest BCUT2D eigenvalue weighted by molar-refractivity contribution is 7.89. The van der Waals surface area contributed by atoms with E-state index in [1.54, 1.807) is 31.3 Å². The van der Waals surface area contributed by atoms with Crippen molar-refractivity contribution in [3.63, 3.8) is 0 Å². The molecule has 1 atom stereocenters. The fourth-order valence-corrected chi connectivity index (χ4v) is 2.86. The lowest BCUT2D eigenvalue weighted by atomic mass is 10.2. The average Bonchev–Trinajstić information content (AvgIpc) is 2.40. The van der Waals surface area contributed by atoms with E-state index in [9.17, 15) is 8.42 Å². The zero-order valence-corrected chi connectivity index (χ0v) is 12.9. The number of halogens is 1. The molecule has 20 heavy (non-hydrogen) atoms. The van der Waals surface area contributed by atoms with Crippen molar-refractivity contribution in [2.75, 3.05) is 7.05 Å². The van der Waals surface area contributed by atoms with Crippen LogP contribution in [0.5, 0.6) is 0 Å². The number of hydrogen-bond donors (Lipinski definition) is 2. The molecule has 0 bridgehead atoms. The Morgan fingerprint density at radius 1 is 0.950 bits per heavy atom. The van der Waals surface area contributed by atoms with Crippen LogP contribution in [-0.4, -0.2) is 15.5 Å². The molecule has 0 aromatic heterocycles. The Hall–Kier alpha value is -1.40. The Morgan fingerprint density at radius 3 is 2.05 bits per heavy atom. The highest BCUT2D eigenvalue weighted by Crippen LogP contribution is 2.09. The van der Waals surface area contributed by atoms with E-state index in [0.717, 1.165) is 11.3 Å². The van der Waals surface area contributed by atoms with Crippen molar-refractivity contribution in [1.82, 2.24) is 4.83 Å². The number of rotatable bonds is 4. The summed E-state index contributed by atoms with van der Waals surface area (Å²) < 4.78 is 24.4. The summed E-state index contributed by atoms with van der Waals surface area (Å²) in [7, 11) is -1.76. The molecule has 0 fully saturated rings. The summed E-state index contributed by atoms with van der Waals surface area (Å²) >= 11 is 0. The van der Waals surface area contributed by atoms with Crippen LogP contribution < -0.4 is 22.2 Å². The Morgan fingerprint density at radius 2 is 1.50 bits per heavy atom. The minimum atomic E-state index is -3.51. The molecular weight excluding hydrogens is 296 g/mol. The monoisotopic (exact) mass is 312 g/mol. The van der Waals surface area contributed by atoms with E-state index in [1.807, 2.05) is 37.3 Å². The van der Waals surface area contributed by atoms with Gasteiger partial charge in [0.05, 0.1) is 11.9 Å². The smallest absolute Gasteiger partial charge is 0.282 e. The summed E-state index contributed by atoms with van der Waals surface area (Å²) in [5, 5.41) is 0.612. The molecule has 0 aliphatic heterocycles. The van der Waals surface area contributed by atoms with Crippen molar-refractivity contribution in [2.45, 2.75) is 11.8 Å². The van der Waals surface area contributed by atoms with Gasteiger partial charge in [0.25, 0.3) is 10.0 Å². The summed E-state index contributed by atoms with van der Waals surface area (Å²) in [4.78, 5) is 2.87. The second-order valence-electron chi connectivity index (χ2n) is 4.41. The van der Waals surface area contributed by atoms with Gasteiger partial charge in [-0.2, -0.15) is 0 Å². The molecule has 6 heteroatoms. The largest absolute Gasteiger partial charge is 1.00 e. The van der Waals surface area contributed by atoms with Gasteiger partial charge in [-0.1, -0.05) is 35.9 Å². The van der Waals surface area contributed by atoms with Crippen molar-refractivity contribution < 1.29 is 25.8 Å². The fourth-order valence-electron chi connectivity index (χ4n) is 1.72. The van der Waals surface area contributed by atoms with Crippen LogP contribution in [0.15, 0.2) is 59.5 Å². The standard InChI is InChI=1S/C14H16N2O2S.ClH/c1-12-8-10-14(11-9-12)19(17,18)15-16(2)13-6-4-3-5-7-13;/h3-11,15H,1-2H3;1H. The van der Waals surface area contributed by atoms with Crippen LogP contribution in [0, 0.1) is 6.92 Å². The van der Waals surface area contributed by atoms with Crippen LogP contribution in [0.4, 0.5) is 5.69 Å².